The number of nitrogens with zero attached hydrogens (tertiary/aromatic N) is 1. The first kappa shape index (κ1) is 18.9. The first-order chi connectivity index (χ1) is 12.0. The number of hydrogen-bond donors (Lipinski definition) is 1. The van der Waals surface area contributed by atoms with Crippen molar-refractivity contribution in [2.45, 2.75) is 38.7 Å². The van der Waals surface area contributed by atoms with Crippen LogP contribution < -0.4 is 4.74 Å². The molecule has 0 fully saturated rings. The van der Waals surface area contributed by atoms with E-state index in [2.05, 4.69) is 24.0 Å². The lowest BCUT2D eigenvalue weighted by Crippen LogP contribution is -2.34. The molecule has 5 nitrogen and oxygen atoms in total. The average Bonchev–Trinajstić information content (AvgIpc) is 2.65. The zero-order chi connectivity index (χ0) is 18.3. The highest BCUT2D eigenvalue weighted by molar-refractivity contribution is 5.79. The Morgan fingerprint density at radius 2 is 2.08 bits per heavy atom. The summed E-state index contributed by atoms with van der Waals surface area (Å²) in [6, 6.07) is 11.2. The molecule has 0 aliphatic carbocycles. The summed E-state index contributed by atoms with van der Waals surface area (Å²) < 4.78 is 10.9. The zero-order valence-corrected chi connectivity index (χ0v) is 15.0. The maximum atomic E-state index is 11.5. The standard InChI is InChI=1S/C20H25NO4/c1-4-15-10-11-17(21-14-15)8-6-12-25-18-9-5-7-16(13-18)20(2,24-3)19(22)23/h5,7,9-11,13-14H,4,6,8,12H2,1-3H3,(H,22,23). The molecule has 134 valence electrons. The molecular formula is C20H25NO4. The van der Waals surface area contributed by atoms with E-state index in [9.17, 15) is 9.90 Å². The molecular weight excluding hydrogens is 318 g/mol. The van der Waals surface area contributed by atoms with Crippen LogP contribution in [0.5, 0.6) is 5.75 Å². The highest BCUT2D eigenvalue weighted by Gasteiger charge is 2.35. The first-order valence-corrected chi connectivity index (χ1v) is 8.45. The third-order valence-electron chi connectivity index (χ3n) is 4.34. The van der Waals surface area contributed by atoms with Gasteiger partial charge in [0.1, 0.15) is 5.75 Å². The molecule has 5 heteroatoms. The normalized spacial score (nSPS) is 13.2. The summed E-state index contributed by atoms with van der Waals surface area (Å²) >= 11 is 0. The van der Waals surface area contributed by atoms with E-state index in [0.717, 1.165) is 25.0 Å². The van der Waals surface area contributed by atoms with E-state index in [1.165, 1.54) is 19.6 Å². The monoisotopic (exact) mass is 343 g/mol. The highest BCUT2D eigenvalue weighted by Crippen LogP contribution is 2.28. The summed E-state index contributed by atoms with van der Waals surface area (Å²) in [5.41, 5.74) is 1.45. The maximum absolute atomic E-state index is 11.5. The van der Waals surface area contributed by atoms with Gasteiger partial charge in [-0.15, -0.1) is 0 Å². The topological polar surface area (TPSA) is 68.7 Å². The summed E-state index contributed by atoms with van der Waals surface area (Å²) in [5, 5.41) is 9.38. The van der Waals surface area contributed by atoms with E-state index >= 15 is 0 Å². The van der Waals surface area contributed by atoms with Crippen molar-refractivity contribution in [3.63, 3.8) is 0 Å². The van der Waals surface area contributed by atoms with E-state index < -0.39 is 11.6 Å². The second-order valence-corrected chi connectivity index (χ2v) is 6.03. The number of aliphatic carboxylic acids is 1. The minimum Gasteiger partial charge on any atom is -0.494 e. The number of aromatic nitrogens is 1. The van der Waals surface area contributed by atoms with E-state index in [0.29, 0.717) is 17.9 Å². The first-order valence-electron chi connectivity index (χ1n) is 8.45. The third-order valence-corrected chi connectivity index (χ3v) is 4.34. The summed E-state index contributed by atoms with van der Waals surface area (Å²) in [6.07, 6.45) is 4.58. The Hall–Kier alpha value is -2.40. The SMILES string of the molecule is CCc1ccc(CCCOc2cccc(C(C)(OC)C(=O)O)c2)nc1. The second-order valence-electron chi connectivity index (χ2n) is 6.03. The number of aryl methyl sites for hydroxylation is 2. The van der Waals surface area contributed by atoms with Gasteiger partial charge in [-0.25, -0.2) is 4.79 Å². The fourth-order valence-corrected chi connectivity index (χ4v) is 2.47. The van der Waals surface area contributed by atoms with Crippen molar-refractivity contribution >= 4 is 5.97 Å². The summed E-state index contributed by atoms with van der Waals surface area (Å²) in [5.74, 6) is -0.398. The van der Waals surface area contributed by atoms with Gasteiger partial charge in [0.05, 0.1) is 6.61 Å². The number of methoxy groups -OCH3 is 1. The quantitative estimate of drug-likeness (QED) is 0.705. The van der Waals surface area contributed by atoms with Gasteiger partial charge in [0, 0.05) is 19.0 Å². The summed E-state index contributed by atoms with van der Waals surface area (Å²) in [4.78, 5) is 15.9. The van der Waals surface area contributed by atoms with Gasteiger partial charge in [-0.1, -0.05) is 25.1 Å². The van der Waals surface area contributed by atoms with Gasteiger partial charge in [-0.2, -0.15) is 0 Å². The van der Waals surface area contributed by atoms with Crippen LogP contribution in [0.2, 0.25) is 0 Å². The van der Waals surface area contributed by atoms with E-state index in [1.54, 1.807) is 18.2 Å². The van der Waals surface area contributed by atoms with E-state index in [1.807, 2.05) is 12.3 Å². The lowest BCUT2D eigenvalue weighted by atomic mass is 9.96. The van der Waals surface area contributed by atoms with Crippen LogP contribution in [0.25, 0.3) is 0 Å². The van der Waals surface area contributed by atoms with Crippen LogP contribution >= 0.6 is 0 Å². The van der Waals surface area contributed by atoms with Gasteiger partial charge >= 0.3 is 5.97 Å². The van der Waals surface area contributed by atoms with E-state index in [4.69, 9.17) is 9.47 Å². The number of hydrogen-bond acceptors (Lipinski definition) is 4. The molecule has 0 saturated carbocycles. The molecule has 1 aromatic heterocycles. The van der Waals surface area contributed by atoms with Crippen LogP contribution in [0.1, 0.15) is 37.1 Å². The number of ether oxygens (including phenoxy) is 2. The predicted molar refractivity (Wildman–Crippen MR) is 95.9 cm³/mol. The molecule has 1 aromatic carbocycles. The third kappa shape index (κ3) is 4.79. The van der Waals surface area contributed by atoms with Crippen molar-refractivity contribution in [3.8, 4) is 5.75 Å². The van der Waals surface area contributed by atoms with Crippen molar-refractivity contribution in [3.05, 3.63) is 59.4 Å². The summed E-state index contributed by atoms with van der Waals surface area (Å²) in [6.45, 7) is 4.18. The molecule has 0 aliphatic rings. The van der Waals surface area contributed by atoms with Gasteiger partial charge < -0.3 is 14.6 Å². The number of pyridine rings is 1. The molecule has 0 amide bonds. The minimum atomic E-state index is -1.38. The molecule has 1 atom stereocenters. The number of carboxylic acid groups (broad SMARTS) is 1. The molecule has 0 spiro atoms. The molecule has 1 N–H and O–H groups in total. The highest BCUT2D eigenvalue weighted by atomic mass is 16.5. The molecule has 0 radical (unpaired) electrons. The molecule has 0 saturated heterocycles. The van der Waals surface area contributed by atoms with Gasteiger partial charge in [0.25, 0.3) is 0 Å². The molecule has 1 heterocycles. The average molecular weight is 343 g/mol. The smallest absolute Gasteiger partial charge is 0.340 e. The lowest BCUT2D eigenvalue weighted by molar-refractivity contribution is -0.161. The van der Waals surface area contributed by atoms with Crippen LogP contribution in [0.4, 0.5) is 0 Å². The fraction of sp³-hybridized carbons (Fsp3) is 0.400. The number of benzene rings is 1. The van der Waals surface area contributed by atoms with Crippen molar-refractivity contribution in [2.75, 3.05) is 13.7 Å². The second kappa shape index (κ2) is 8.62. The molecule has 0 bridgehead atoms. The number of carboxylic acids is 1. The lowest BCUT2D eigenvalue weighted by Gasteiger charge is -2.24. The zero-order valence-electron chi connectivity index (χ0n) is 15.0. The predicted octanol–water partition coefficient (Wildman–Crippen LogP) is 3.60. The van der Waals surface area contributed by atoms with Crippen LogP contribution in [0.15, 0.2) is 42.6 Å². The van der Waals surface area contributed by atoms with Crippen molar-refractivity contribution in [2.24, 2.45) is 0 Å². The van der Waals surface area contributed by atoms with Crippen molar-refractivity contribution in [1.29, 1.82) is 0 Å². The Morgan fingerprint density at radius 1 is 1.28 bits per heavy atom. The number of carbonyl (C=O) groups is 1. The van der Waals surface area contributed by atoms with Crippen molar-refractivity contribution in [1.82, 2.24) is 4.98 Å². The fourth-order valence-electron chi connectivity index (χ4n) is 2.47. The van der Waals surface area contributed by atoms with Gasteiger partial charge in [-0.3, -0.25) is 4.98 Å². The van der Waals surface area contributed by atoms with Gasteiger partial charge in [0.15, 0.2) is 5.60 Å². The Kier molecular flexibility index (Phi) is 6.53. The van der Waals surface area contributed by atoms with Crippen LogP contribution in [0, 0.1) is 0 Å². The van der Waals surface area contributed by atoms with Crippen LogP contribution in [-0.2, 0) is 28.0 Å². The number of rotatable bonds is 9. The van der Waals surface area contributed by atoms with Crippen molar-refractivity contribution < 1.29 is 19.4 Å². The molecule has 0 aliphatic heterocycles. The molecule has 1 unspecified atom stereocenters. The summed E-state index contributed by atoms with van der Waals surface area (Å²) in [7, 11) is 1.39. The van der Waals surface area contributed by atoms with Crippen LogP contribution in [0.3, 0.4) is 0 Å². The molecule has 2 rings (SSSR count). The molecule has 25 heavy (non-hydrogen) atoms. The Labute approximate surface area is 148 Å². The van der Waals surface area contributed by atoms with Crippen LogP contribution in [-0.4, -0.2) is 29.8 Å². The van der Waals surface area contributed by atoms with Gasteiger partial charge in [0.2, 0.25) is 0 Å². The maximum Gasteiger partial charge on any atom is 0.340 e. The Bertz CT molecular complexity index is 699. The Balaban J connectivity index is 1.90. The van der Waals surface area contributed by atoms with E-state index in [-0.39, 0.29) is 0 Å². The molecule has 2 aromatic rings. The Morgan fingerprint density at radius 3 is 2.68 bits per heavy atom. The van der Waals surface area contributed by atoms with Gasteiger partial charge in [-0.05, 0) is 55.5 Å². The largest absolute Gasteiger partial charge is 0.494 e. The minimum absolute atomic E-state index is 0.539.